The average Bonchev–Trinajstić information content (AvgIpc) is 2.49. The van der Waals surface area contributed by atoms with Gasteiger partial charge in [-0.25, -0.2) is 0 Å². The first-order valence-corrected chi connectivity index (χ1v) is 7.03. The molecule has 3 heteroatoms. The third-order valence-electron chi connectivity index (χ3n) is 3.38. The molecule has 0 aromatic heterocycles. The number of hydrogen-bond donors (Lipinski definition) is 1. The largest absolute Gasteiger partial charge is 0.501 e. The van der Waals surface area contributed by atoms with Crippen LogP contribution in [0.5, 0.6) is 5.75 Å². The van der Waals surface area contributed by atoms with E-state index in [0.29, 0.717) is 0 Å². The second-order valence-corrected chi connectivity index (χ2v) is 4.80. The van der Waals surface area contributed by atoms with E-state index in [1.54, 1.807) is 7.11 Å². The Balaban J connectivity index is 2.27. The summed E-state index contributed by atoms with van der Waals surface area (Å²) in [5, 5.41) is 3.60. The van der Waals surface area contributed by atoms with Crippen molar-refractivity contribution < 1.29 is 9.47 Å². The summed E-state index contributed by atoms with van der Waals surface area (Å²) in [7, 11) is 1.72. The highest BCUT2D eigenvalue weighted by atomic mass is 16.5. The Bertz CT molecular complexity index is 429. The molecule has 104 valence electrons. The van der Waals surface area contributed by atoms with Gasteiger partial charge >= 0.3 is 0 Å². The van der Waals surface area contributed by atoms with Crippen LogP contribution >= 0.6 is 0 Å². The zero-order valence-corrected chi connectivity index (χ0v) is 11.8. The van der Waals surface area contributed by atoms with Crippen molar-refractivity contribution in [2.75, 3.05) is 20.3 Å². The van der Waals surface area contributed by atoms with Crippen molar-refractivity contribution in [2.45, 2.75) is 32.2 Å². The Morgan fingerprint density at radius 2 is 2.21 bits per heavy atom. The molecule has 0 radical (unpaired) electrons. The molecule has 19 heavy (non-hydrogen) atoms. The number of nitrogens with one attached hydrogen (secondary N) is 1. The fraction of sp³-hybridized carbons (Fsp3) is 0.500. The first kappa shape index (κ1) is 13.9. The van der Waals surface area contributed by atoms with E-state index in [1.807, 2.05) is 18.4 Å². The van der Waals surface area contributed by atoms with Crippen LogP contribution in [0.25, 0.3) is 0 Å². The van der Waals surface area contributed by atoms with Gasteiger partial charge in [-0.2, -0.15) is 0 Å². The van der Waals surface area contributed by atoms with Crippen LogP contribution in [0.3, 0.4) is 0 Å². The van der Waals surface area contributed by atoms with Crippen molar-refractivity contribution in [2.24, 2.45) is 0 Å². The molecule has 1 aromatic carbocycles. The molecule has 0 saturated carbocycles. The van der Waals surface area contributed by atoms with Gasteiger partial charge < -0.3 is 14.8 Å². The number of methoxy groups -OCH3 is 1. The lowest BCUT2D eigenvalue weighted by Crippen LogP contribution is -2.25. The fourth-order valence-electron chi connectivity index (χ4n) is 2.43. The van der Waals surface area contributed by atoms with Crippen molar-refractivity contribution in [1.29, 1.82) is 0 Å². The van der Waals surface area contributed by atoms with E-state index in [0.717, 1.165) is 38.2 Å². The molecule has 0 spiro atoms. The predicted octanol–water partition coefficient (Wildman–Crippen LogP) is 3.43. The molecular formula is C16H23NO2. The molecule has 2 rings (SSSR count). The van der Waals surface area contributed by atoms with Crippen LogP contribution in [0, 0.1) is 0 Å². The Morgan fingerprint density at radius 1 is 1.37 bits per heavy atom. The predicted molar refractivity (Wildman–Crippen MR) is 77.3 cm³/mol. The number of hydrogen-bond acceptors (Lipinski definition) is 3. The summed E-state index contributed by atoms with van der Waals surface area (Å²) < 4.78 is 11.0. The fourth-order valence-corrected chi connectivity index (χ4v) is 2.43. The minimum absolute atomic E-state index is 0.191. The summed E-state index contributed by atoms with van der Waals surface area (Å²) in [4.78, 5) is 0. The second kappa shape index (κ2) is 7.19. The van der Waals surface area contributed by atoms with E-state index in [9.17, 15) is 0 Å². The highest BCUT2D eigenvalue weighted by Gasteiger charge is 2.21. The minimum atomic E-state index is 0.191. The standard InChI is InChI=1S/C16H23NO2/c1-3-10-17-16(13-7-6-11-19-12-13)14-8-4-5-9-15(14)18-2/h4-5,8-9,12,16-17H,3,6-7,10-11H2,1-2H3. The molecule has 1 aliphatic rings. The summed E-state index contributed by atoms with van der Waals surface area (Å²) in [6.45, 7) is 3.99. The summed E-state index contributed by atoms with van der Waals surface area (Å²) in [6, 6.07) is 8.39. The first-order valence-electron chi connectivity index (χ1n) is 7.03. The summed E-state index contributed by atoms with van der Waals surface area (Å²) in [5.74, 6) is 0.933. The normalized spacial score (nSPS) is 16.4. The highest BCUT2D eigenvalue weighted by molar-refractivity contribution is 5.40. The van der Waals surface area contributed by atoms with Gasteiger partial charge in [0.15, 0.2) is 0 Å². The van der Waals surface area contributed by atoms with E-state index in [1.165, 1.54) is 11.1 Å². The highest BCUT2D eigenvalue weighted by Crippen LogP contribution is 2.33. The lowest BCUT2D eigenvalue weighted by molar-refractivity contribution is 0.219. The molecule has 1 N–H and O–H groups in total. The Hall–Kier alpha value is -1.48. The molecule has 0 amide bonds. The zero-order chi connectivity index (χ0) is 13.5. The van der Waals surface area contributed by atoms with Crippen molar-refractivity contribution in [3.05, 3.63) is 41.7 Å². The van der Waals surface area contributed by atoms with Crippen LogP contribution in [-0.2, 0) is 4.74 Å². The average molecular weight is 261 g/mol. The molecule has 1 aromatic rings. The molecule has 0 bridgehead atoms. The molecule has 1 heterocycles. The SMILES string of the molecule is CCCNC(C1=COCCC1)c1ccccc1OC. The monoisotopic (exact) mass is 261 g/mol. The first-order chi connectivity index (χ1) is 9.36. The molecule has 0 fully saturated rings. The van der Waals surface area contributed by atoms with Crippen LogP contribution in [0.2, 0.25) is 0 Å². The van der Waals surface area contributed by atoms with Crippen LogP contribution in [0.1, 0.15) is 37.8 Å². The molecule has 0 saturated heterocycles. The Labute approximate surface area is 115 Å². The van der Waals surface area contributed by atoms with Gasteiger partial charge in [-0.3, -0.25) is 0 Å². The van der Waals surface area contributed by atoms with Gasteiger partial charge in [0.1, 0.15) is 5.75 Å². The van der Waals surface area contributed by atoms with Gasteiger partial charge in [0.2, 0.25) is 0 Å². The molecule has 0 aliphatic carbocycles. The van der Waals surface area contributed by atoms with Crippen molar-refractivity contribution in [1.82, 2.24) is 5.32 Å². The summed E-state index contributed by atoms with van der Waals surface area (Å²) in [6.07, 6.45) is 5.20. The Kier molecular flexibility index (Phi) is 5.28. The van der Waals surface area contributed by atoms with Gasteiger partial charge in [0, 0.05) is 5.56 Å². The van der Waals surface area contributed by atoms with E-state index >= 15 is 0 Å². The maximum atomic E-state index is 5.50. The van der Waals surface area contributed by atoms with E-state index in [-0.39, 0.29) is 6.04 Å². The van der Waals surface area contributed by atoms with Crippen LogP contribution in [0.15, 0.2) is 36.1 Å². The maximum Gasteiger partial charge on any atom is 0.123 e. The number of rotatable bonds is 6. The minimum Gasteiger partial charge on any atom is -0.501 e. The molecule has 1 unspecified atom stereocenters. The lowest BCUT2D eigenvalue weighted by atomic mass is 9.94. The van der Waals surface area contributed by atoms with E-state index in [2.05, 4.69) is 24.4 Å². The molecule has 3 nitrogen and oxygen atoms in total. The lowest BCUT2D eigenvalue weighted by Gasteiger charge is -2.26. The van der Waals surface area contributed by atoms with E-state index < -0.39 is 0 Å². The smallest absolute Gasteiger partial charge is 0.123 e. The summed E-state index contributed by atoms with van der Waals surface area (Å²) >= 11 is 0. The van der Waals surface area contributed by atoms with E-state index in [4.69, 9.17) is 9.47 Å². The van der Waals surface area contributed by atoms with Crippen molar-refractivity contribution in [3.8, 4) is 5.75 Å². The Morgan fingerprint density at radius 3 is 2.89 bits per heavy atom. The molecular weight excluding hydrogens is 238 g/mol. The summed E-state index contributed by atoms with van der Waals surface area (Å²) in [5.41, 5.74) is 2.50. The van der Waals surface area contributed by atoms with Crippen LogP contribution in [-0.4, -0.2) is 20.3 Å². The number of ether oxygens (including phenoxy) is 2. The maximum absolute atomic E-state index is 5.50. The zero-order valence-electron chi connectivity index (χ0n) is 11.8. The quantitative estimate of drug-likeness (QED) is 0.851. The molecule has 1 atom stereocenters. The van der Waals surface area contributed by atoms with Gasteiger partial charge in [-0.1, -0.05) is 25.1 Å². The van der Waals surface area contributed by atoms with Crippen molar-refractivity contribution >= 4 is 0 Å². The topological polar surface area (TPSA) is 30.5 Å². The van der Waals surface area contributed by atoms with Crippen molar-refractivity contribution in [3.63, 3.8) is 0 Å². The van der Waals surface area contributed by atoms with Gasteiger partial charge in [-0.05, 0) is 37.4 Å². The third-order valence-corrected chi connectivity index (χ3v) is 3.38. The second-order valence-electron chi connectivity index (χ2n) is 4.80. The number of benzene rings is 1. The third kappa shape index (κ3) is 3.51. The van der Waals surface area contributed by atoms with Crippen LogP contribution in [0.4, 0.5) is 0 Å². The van der Waals surface area contributed by atoms with Gasteiger partial charge in [0.25, 0.3) is 0 Å². The number of para-hydroxylation sites is 1. The van der Waals surface area contributed by atoms with Crippen LogP contribution < -0.4 is 10.1 Å². The van der Waals surface area contributed by atoms with Gasteiger partial charge in [-0.15, -0.1) is 0 Å². The molecule has 1 aliphatic heterocycles. The van der Waals surface area contributed by atoms with Gasteiger partial charge in [0.05, 0.1) is 26.0 Å².